The summed E-state index contributed by atoms with van der Waals surface area (Å²) < 4.78 is 23.3. The molecular formula is C59H115N2O6P. The molecule has 0 aromatic heterocycles. The third-order valence-corrected chi connectivity index (χ3v) is 14.3. The van der Waals surface area contributed by atoms with Crippen LogP contribution in [0.2, 0.25) is 0 Å². The number of hydrogen-bond acceptors (Lipinski definition) is 6. The third-order valence-electron chi connectivity index (χ3n) is 13.3. The molecule has 0 bridgehead atoms. The fourth-order valence-corrected chi connectivity index (χ4v) is 9.42. The second-order valence-electron chi connectivity index (χ2n) is 21.3. The van der Waals surface area contributed by atoms with Crippen LogP contribution in [0.5, 0.6) is 0 Å². The summed E-state index contributed by atoms with van der Waals surface area (Å²) in [4.78, 5) is 25.4. The van der Waals surface area contributed by atoms with Crippen molar-refractivity contribution >= 4 is 13.7 Å². The lowest BCUT2D eigenvalue weighted by molar-refractivity contribution is -0.870. The van der Waals surface area contributed by atoms with Crippen LogP contribution in [0.15, 0.2) is 36.5 Å². The Hall–Kier alpha value is -1.28. The fourth-order valence-electron chi connectivity index (χ4n) is 8.70. The van der Waals surface area contributed by atoms with Gasteiger partial charge in [0.25, 0.3) is 7.82 Å². The first-order valence-corrected chi connectivity index (χ1v) is 30.8. The number of nitrogens with zero attached hydrogens (tertiary/aromatic N) is 1. The Morgan fingerprint density at radius 1 is 0.500 bits per heavy atom. The van der Waals surface area contributed by atoms with Crippen molar-refractivity contribution in [1.82, 2.24) is 5.32 Å². The predicted molar refractivity (Wildman–Crippen MR) is 293 cm³/mol. The molecule has 0 saturated carbocycles. The molecule has 402 valence electrons. The first kappa shape index (κ1) is 66.7. The quantitative estimate of drug-likeness (QED) is 0.0272. The number of unbranched alkanes of at least 4 members (excludes halogenated alkanes) is 37. The minimum absolute atomic E-state index is 0.00745. The summed E-state index contributed by atoms with van der Waals surface area (Å²) in [5, 5.41) is 13.9. The number of quaternary nitrogens is 1. The molecule has 0 aromatic carbocycles. The van der Waals surface area contributed by atoms with Gasteiger partial charge in [-0.05, 0) is 57.8 Å². The van der Waals surface area contributed by atoms with Gasteiger partial charge in [0.2, 0.25) is 5.91 Å². The maximum Gasteiger partial charge on any atom is 0.268 e. The van der Waals surface area contributed by atoms with E-state index in [1.165, 1.54) is 212 Å². The van der Waals surface area contributed by atoms with Crippen molar-refractivity contribution < 1.29 is 32.9 Å². The molecule has 0 aliphatic rings. The van der Waals surface area contributed by atoms with Crippen LogP contribution in [0.4, 0.5) is 0 Å². The number of phosphoric acid groups is 1. The minimum atomic E-state index is -4.61. The summed E-state index contributed by atoms with van der Waals surface area (Å²) >= 11 is 0. The number of aliphatic hydroxyl groups excluding tert-OH is 1. The van der Waals surface area contributed by atoms with Gasteiger partial charge in [0.15, 0.2) is 0 Å². The average molecular weight is 980 g/mol. The van der Waals surface area contributed by atoms with E-state index < -0.39 is 26.6 Å². The Balaban J connectivity index is 4.17. The molecule has 0 heterocycles. The lowest BCUT2D eigenvalue weighted by Crippen LogP contribution is -2.45. The van der Waals surface area contributed by atoms with Crippen LogP contribution >= 0.6 is 7.82 Å². The Kier molecular flexibility index (Phi) is 49.7. The van der Waals surface area contributed by atoms with Gasteiger partial charge in [0, 0.05) is 6.42 Å². The largest absolute Gasteiger partial charge is 0.756 e. The minimum Gasteiger partial charge on any atom is -0.756 e. The maximum absolute atomic E-state index is 12.9. The molecule has 3 unspecified atom stereocenters. The van der Waals surface area contributed by atoms with E-state index in [-0.39, 0.29) is 12.5 Å². The van der Waals surface area contributed by atoms with E-state index in [1.807, 2.05) is 27.2 Å². The van der Waals surface area contributed by atoms with Crippen LogP contribution in [0.3, 0.4) is 0 Å². The highest BCUT2D eigenvalue weighted by atomic mass is 31.2. The summed E-state index contributed by atoms with van der Waals surface area (Å²) in [7, 11) is 1.24. The number of phosphoric ester groups is 1. The van der Waals surface area contributed by atoms with Gasteiger partial charge in [-0.3, -0.25) is 9.36 Å². The summed E-state index contributed by atoms with van der Waals surface area (Å²) in [6, 6.07) is -0.907. The van der Waals surface area contributed by atoms with Gasteiger partial charge in [-0.25, -0.2) is 0 Å². The molecule has 0 radical (unpaired) electrons. The number of rotatable bonds is 54. The first-order valence-electron chi connectivity index (χ1n) is 29.4. The summed E-state index contributed by atoms with van der Waals surface area (Å²) in [5.41, 5.74) is 0. The lowest BCUT2D eigenvalue weighted by atomic mass is 10.0. The Morgan fingerprint density at radius 2 is 0.824 bits per heavy atom. The van der Waals surface area contributed by atoms with Crippen LogP contribution in [0.1, 0.15) is 284 Å². The zero-order valence-corrected chi connectivity index (χ0v) is 46.7. The van der Waals surface area contributed by atoms with E-state index >= 15 is 0 Å². The standard InChI is InChI=1S/C59H115N2O6P/c1-6-8-10-12-14-16-18-20-22-24-25-26-27-28-29-30-31-32-33-34-35-36-37-38-40-42-44-46-48-50-52-58(62)57(56-67-68(64,65)66-55-54-61(3,4)5)60-59(63)53-51-49-47-45-43-41-39-23-21-19-17-15-13-11-9-7-2/h23,39,42,44,50,52,57-58,62H,6-22,24-38,40-41,43,45-49,51,53-56H2,1-5H3,(H-,60,63,64,65)/b39-23-,44-42+,52-50+. The number of aliphatic hydroxyl groups is 1. The number of amides is 1. The molecule has 0 rings (SSSR count). The maximum atomic E-state index is 12.9. The molecule has 3 atom stereocenters. The number of nitrogens with one attached hydrogen (secondary N) is 1. The van der Waals surface area contributed by atoms with E-state index in [2.05, 4.69) is 43.5 Å². The van der Waals surface area contributed by atoms with Gasteiger partial charge in [-0.15, -0.1) is 0 Å². The Labute approximate surface area is 423 Å². The number of carbonyl (C=O) groups excluding carboxylic acids is 1. The third kappa shape index (κ3) is 52.5. The summed E-state index contributed by atoms with van der Waals surface area (Å²) in [5.74, 6) is -0.213. The molecule has 1 amide bonds. The van der Waals surface area contributed by atoms with Crippen LogP contribution in [0.25, 0.3) is 0 Å². The van der Waals surface area contributed by atoms with E-state index in [9.17, 15) is 19.4 Å². The summed E-state index contributed by atoms with van der Waals surface area (Å²) in [6.07, 6.45) is 65.3. The predicted octanol–water partition coefficient (Wildman–Crippen LogP) is 17.1. The fraction of sp³-hybridized carbons (Fsp3) is 0.881. The highest BCUT2D eigenvalue weighted by molar-refractivity contribution is 7.45. The number of carbonyl (C=O) groups is 1. The Morgan fingerprint density at radius 3 is 1.19 bits per heavy atom. The van der Waals surface area contributed by atoms with E-state index in [1.54, 1.807) is 6.08 Å². The van der Waals surface area contributed by atoms with Gasteiger partial charge in [0.1, 0.15) is 13.2 Å². The summed E-state index contributed by atoms with van der Waals surface area (Å²) in [6.45, 7) is 4.65. The van der Waals surface area contributed by atoms with Crippen LogP contribution in [-0.2, 0) is 18.4 Å². The topological polar surface area (TPSA) is 108 Å². The van der Waals surface area contributed by atoms with Gasteiger partial charge < -0.3 is 28.8 Å². The van der Waals surface area contributed by atoms with E-state index in [0.29, 0.717) is 17.4 Å². The first-order chi connectivity index (χ1) is 33.0. The second-order valence-corrected chi connectivity index (χ2v) is 22.8. The second kappa shape index (κ2) is 50.7. The van der Waals surface area contributed by atoms with Crippen molar-refractivity contribution in [2.75, 3.05) is 40.9 Å². The SMILES string of the molecule is CCCCCCCCC/C=C\CCCCCCCC(=O)NC(COP(=O)([O-])OCC[N+](C)(C)C)C(O)/C=C/CC/C=C/CCCCCCCCCCCCCCCCCCCCCCCCCC. The number of hydrogen-bond donors (Lipinski definition) is 2. The molecular weight excluding hydrogens is 864 g/mol. The van der Waals surface area contributed by atoms with Gasteiger partial charge in [-0.2, -0.15) is 0 Å². The molecule has 0 fully saturated rings. The van der Waals surface area contributed by atoms with Crippen molar-refractivity contribution in [3.05, 3.63) is 36.5 Å². The normalized spacial score (nSPS) is 14.2. The van der Waals surface area contributed by atoms with Crippen molar-refractivity contribution in [1.29, 1.82) is 0 Å². The van der Waals surface area contributed by atoms with Crippen molar-refractivity contribution in [2.45, 2.75) is 296 Å². The van der Waals surface area contributed by atoms with Crippen molar-refractivity contribution in [3.63, 3.8) is 0 Å². The van der Waals surface area contributed by atoms with Crippen LogP contribution in [0, 0.1) is 0 Å². The zero-order chi connectivity index (χ0) is 49.9. The van der Waals surface area contributed by atoms with Gasteiger partial charge >= 0.3 is 0 Å². The highest BCUT2D eigenvalue weighted by Crippen LogP contribution is 2.38. The van der Waals surface area contributed by atoms with E-state index in [0.717, 1.165) is 51.4 Å². The molecule has 2 N–H and O–H groups in total. The van der Waals surface area contributed by atoms with Crippen molar-refractivity contribution in [2.24, 2.45) is 0 Å². The van der Waals surface area contributed by atoms with Crippen molar-refractivity contribution in [3.8, 4) is 0 Å². The molecule has 0 aliphatic carbocycles. The molecule has 68 heavy (non-hydrogen) atoms. The molecule has 0 aromatic rings. The van der Waals surface area contributed by atoms with Crippen LogP contribution < -0.4 is 10.2 Å². The highest BCUT2D eigenvalue weighted by Gasteiger charge is 2.23. The van der Waals surface area contributed by atoms with Gasteiger partial charge in [-0.1, -0.05) is 256 Å². The Bertz CT molecular complexity index is 1200. The molecule has 8 nitrogen and oxygen atoms in total. The molecule has 0 spiro atoms. The number of likely N-dealkylation sites (N-methyl/N-ethyl adjacent to an activating group) is 1. The van der Waals surface area contributed by atoms with E-state index in [4.69, 9.17) is 9.05 Å². The molecule has 0 saturated heterocycles. The lowest BCUT2D eigenvalue weighted by Gasteiger charge is -2.29. The average Bonchev–Trinajstić information content (AvgIpc) is 3.30. The smallest absolute Gasteiger partial charge is 0.268 e. The molecule has 0 aliphatic heterocycles. The number of allylic oxidation sites excluding steroid dienone is 5. The zero-order valence-electron chi connectivity index (χ0n) is 45.8. The molecule has 9 heteroatoms. The van der Waals surface area contributed by atoms with Gasteiger partial charge in [0.05, 0.1) is 39.9 Å². The van der Waals surface area contributed by atoms with Crippen LogP contribution in [-0.4, -0.2) is 68.5 Å². The monoisotopic (exact) mass is 979 g/mol.